The van der Waals surface area contributed by atoms with Gasteiger partial charge in [0.2, 0.25) is 0 Å². The molecule has 0 aliphatic rings. The third-order valence-corrected chi connectivity index (χ3v) is 5.86. The van der Waals surface area contributed by atoms with E-state index in [0.29, 0.717) is 10.5 Å². The Labute approximate surface area is 245 Å². The number of hydrogen-bond acceptors (Lipinski definition) is 6. The Balaban J connectivity index is 2.09. The van der Waals surface area contributed by atoms with Gasteiger partial charge < -0.3 is 29.0 Å². The molecule has 0 aliphatic carbocycles. The highest BCUT2D eigenvalue weighted by atomic mass is 19.4. The zero-order chi connectivity index (χ0) is 33.3. The van der Waals surface area contributed by atoms with Crippen molar-refractivity contribution < 1.29 is 73.2 Å². The summed E-state index contributed by atoms with van der Waals surface area (Å²) in [4.78, 5) is 24.5. The zero-order valence-corrected chi connectivity index (χ0v) is 23.2. The summed E-state index contributed by atoms with van der Waals surface area (Å²) in [5, 5.41) is 9.19. The highest BCUT2D eigenvalue weighted by molar-refractivity contribution is 5.72. The molecular formula is C27H28F9NO7. The molecular weight excluding hydrogens is 621 g/mol. The van der Waals surface area contributed by atoms with Crippen LogP contribution in [0.5, 0.6) is 11.5 Å². The maximum atomic E-state index is 13.8. The van der Waals surface area contributed by atoms with E-state index in [0.717, 1.165) is 5.56 Å². The molecule has 0 spiro atoms. The molecule has 0 radical (unpaired) electrons. The lowest BCUT2D eigenvalue weighted by Gasteiger charge is -2.33. The van der Waals surface area contributed by atoms with Gasteiger partial charge >= 0.3 is 36.2 Å². The van der Waals surface area contributed by atoms with Gasteiger partial charge in [-0.1, -0.05) is 29.8 Å². The van der Waals surface area contributed by atoms with E-state index in [2.05, 4.69) is 4.74 Å². The molecule has 1 amide bonds. The van der Waals surface area contributed by atoms with Gasteiger partial charge in [0.1, 0.15) is 18.1 Å². The second-order valence-corrected chi connectivity index (χ2v) is 9.16. The standard InChI is InChI=1S/C27H28F9NO7/c1-3-41-21(22(38)39)16-18-6-10-19(11-7-18)42-14-12-37(23(40)44-20-8-4-17(2)5-9-20)13-15-43-27(35,36)25(30,31)24(28,29)26(32,33)34/h4-11,21H,3,12-16H2,1-2H3,(H,38,39). The predicted octanol–water partition coefficient (Wildman–Crippen LogP) is 6.35. The number of benzene rings is 2. The first-order valence-corrected chi connectivity index (χ1v) is 12.8. The van der Waals surface area contributed by atoms with Crippen molar-refractivity contribution in [2.24, 2.45) is 0 Å². The summed E-state index contributed by atoms with van der Waals surface area (Å²) in [6.07, 6.45) is -15.6. The summed E-state index contributed by atoms with van der Waals surface area (Å²) in [6, 6.07) is 11.8. The zero-order valence-electron chi connectivity index (χ0n) is 23.2. The molecule has 0 fully saturated rings. The maximum Gasteiger partial charge on any atom is 0.460 e. The Morgan fingerprint density at radius 3 is 1.89 bits per heavy atom. The van der Waals surface area contributed by atoms with Gasteiger partial charge in [-0.05, 0) is 43.7 Å². The van der Waals surface area contributed by atoms with Crippen molar-refractivity contribution in [2.45, 2.75) is 50.5 Å². The third-order valence-electron chi connectivity index (χ3n) is 5.86. The number of rotatable bonds is 16. The maximum absolute atomic E-state index is 13.8. The van der Waals surface area contributed by atoms with Crippen LogP contribution >= 0.6 is 0 Å². The Kier molecular flexibility index (Phi) is 12.3. The highest BCUT2D eigenvalue weighted by Gasteiger charge is 2.82. The van der Waals surface area contributed by atoms with Gasteiger partial charge in [0.15, 0.2) is 6.10 Å². The van der Waals surface area contributed by atoms with Crippen molar-refractivity contribution in [3.8, 4) is 11.5 Å². The van der Waals surface area contributed by atoms with E-state index in [1.54, 1.807) is 26.0 Å². The normalized spacial score (nSPS) is 13.3. The predicted molar refractivity (Wildman–Crippen MR) is 134 cm³/mol. The summed E-state index contributed by atoms with van der Waals surface area (Å²) in [7, 11) is 0. The lowest BCUT2D eigenvalue weighted by atomic mass is 10.1. The molecule has 8 nitrogen and oxygen atoms in total. The average molecular weight is 650 g/mol. The monoisotopic (exact) mass is 649 g/mol. The van der Waals surface area contributed by atoms with Gasteiger partial charge in [0, 0.05) is 19.6 Å². The average Bonchev–Trinajstić information content (AvgIpc) is 2.93. The summed E-state index contributed by atoms with van der Waals surface area (Å²) >= 11 is 0. The van der Waals surface area contributed by atoms with Crippen molar-refractivity contribution >= 4 is 12.1 Å². The summed E-state index contributed by atoms with van der Waals surface area (Å²) < 4.78 is 137. The summed E-state index contributed by atoms with van der Waals surface area (Å²) in [6.45, 7) is 0.0851. The number of amides is 1. The molecule has 1 unspecified atom stereocenters. The van der Waals surface area contributed by atoms with Gasteiger partial charge in [-0.15, -0.1) is 0 Å². The van der Waals surface area contributed by atoms with Crippen LogP contribution in [0.4, 0.5) is 44.3 Å². The number of carboxylic acids is 1. The molecule has 0 aliphatic heterocycles. The van der Waals surface area contributed by atoms with Crippen LogP contribution in [0.15, 0.2) is 48.5 Å². The number of carbonyl (C=O) groups excluding carboxylic acids is 1. The number of carboxylic acid groups (broad SMARTS) is 1. The van der Waals surface area contributed by atoms with E-state index in [-0.39, 0.29) is 31.1 Å². The molecule has 17 heteroatoms. The SMILES string of the molecule is CCOC(Cc1ccc(OCCN(CCOC(F)(F)C(F)(F)C(F)(F)C(F)(F)F)C(=O)Oc2ccc(C)cc2)cc1)C(=O)O. The molecule has 2 aromatic rings. The van der Waals surface area contributed by atoms with Gasteiger partial charge in [-0.3, -0.25) is 0 Å². The van der Waals surface area contributed by atoms with Crippen LogP contribution in [0.25, 0.3) is 0 Å². The van der Waals surface area contributed by atoms with Gasteiger partial charge in [0.05, 0.1) is 13.2 Å². The number of nitrogens with zero attached hydrogens (tertiary/aromatic N) is 1. The van der Waals surface area contributed by atoms with Crippen LogP contribution in [0, 0.1) is 6.92 Å². The third kappa shape index (κ3) is 9.38. The first-order valence-electron chi connectivity index (χ1n) is 12.8. The Morgan fingerprint density at radius 1 is 0.818 bits per heavy atom. The van der Waals surface area contributed by atoms with E-state index in [9.17, 15) is 54.2 Å². The number of aryl methyl sites for hydroxylation is 1. The Morgan fingerprint density at radius 2 is 1.36 bits per heavy atom. The minimum atomic E-state index is -7.13. The number of alkyl halides is 9. The highest BCUT2D eigenvalue weighted by Crippen LogP contribution is 2.53. The lowest BCUT2D eigenvalue weighted by Crippen LogP contribution is -2.62. The molecule has 1 N–H and O–H groups in total. The summed E-state index contributed by atoms with van der Waals surface area (Å²) in [5.41, 5.74) is 1.36. The molecule has 0 heterocycles. The molecule has 0 saturated carbocycles. The molecule has 1 atom stereocenters. The summed E-state index contributed by atoms with van der Waals surface area (Å²) in [5.74, 6) is -15.1. The Bertz CT molecular complexity index is 1220. The lowest BCUT2D eigenvalue weighted by molar-refractivity contribution is -0.443. The molecule has 2 aromatic carbocycles. The molecule has 0 bridgehead atoms. The van der Waals surface area contributed by atoms with Crippen molar-refractivity contribution in [2.75, 3.05) is 32.9 Å². The minimum absolute atomic E-state index is 0.0172. The topological polar surface area (TPSA) is 94.5 Å². The largest absolute Gasteiger partial charge is 0.492 e. The van der Waals surface area contributed by atoms with Crippen molar-refractivity contribution in [1.82, 2.24) is 4.90 Å². The van der Waals surface area contributed by atoms with Crippen LogP contribution in [-0.2, 0) is 20.7 Å². The molecule has 0 aromatic heterocycles. The van der Waals surface area contributed by atoms with E-state index in [1.807, 2.05) is 0 Å². The fraction of sp³-hybridized carbons (Fsp3) is 0.481. The number of carbonyl (C=O) groups is 2. The van der Waals surface area contributed by atoms with Crippen LogP contribution in [0.1, 0.15) is 18.1 Å². The molecule has 246 valence electrons. The van der Waals surface area contributed by atoms with Gasteiger partial charge in [-0.25, -0.2) is 9.59 Å². The van der Waals surface area contributed by atoms with Crippen LogP contribution in [-0.4, -0.2) is 85.2 Å². The second kappa shape index (κ2) is 14.8. The number of halogens is 9. The minimum Gasteiger partial charge on any atom is -0.492 e. The quantitative estimate of drug-likeness (QED) is 0.212. The van der Waals surface area contributed by atoms with Gasteiger partial charge in [0.25, 0.3) is 0 Å². The fourth-order valence-electron chi connectivity index (χ4n) is 3.43. The van der Waals surface area contributed by atoms with Crippen molar-refractivity contribution in [3.05, 3.63) is 59.7 Å². The fourth-order valence-corrected chi connectivity index (χ4v) is 3.43. The first-order chi connectivity index (χ1) is 20.3. The van der Waals surface area contributed by atoms with Gasteiger partial charge in [-0.2, -0.15) is 39.5 Å². The van der Waals surface area contributed by atoms with E-state index in [1.165, 1.54) is 36.4 Å². The molecule has 2 rings (SSSR count). The van der Waals surface area contributed by atoms with E-state index < -0.39 is 62.0 Å². The van der Waals surface area contributed by atoms with Crippen LogP contribution < -0.4 is 9.47 Å². The number of hydrogen-bond donors (Lipinski definition) is 1. The second-order valence-electron chi connectivity index (χ2n) is 9.16. The molecule has 0 saturated heterocycles. The van der Waals surface area contributed by atoms with E-state index >= 15 is 0 Å². The number of aliphatic carboxylic acids is 1. The molecule has 44 heavy (non-hydrogen) atoms. The Hall–Kier alpha value is -3.73. The first kappa shape index (κ1) is 36.5. The van der Waals surface area contributed by atoms with E-state index in [4.69, 9.17) is 14.2 Å². The smallest absolute Gasteiger partial charge is 0.460 e. The number of ether oxygens (including phenoxy) is 4. The van der Waals surface area contributed by atoms with Crippen molar-refractivity contribution in [3.63, 3.8) is 0 Å². The van der Waals surface area contributed by atoms with Crippen LogP contribution in [0.2, 0.25) is 0 Å². The van der Waals surface area contributed by atoms with Crippen molar-refractivity contribution in [1.29, 1.82) is 0 Å². The van der Waals surface area contributed by atoms with Crippen LogP contribution in [0.3, 0.4) is 0 Å².